The minimum Gasteiger partial charge on any atom is -0.351 e. The molecule has 0 atom stereocenters. The van der Waals surface area contributed by atoms with Gasteiger partial charge < -0.3 is 16.4 Å². The number of nitrogens with one attached hydrogen (secondary N) is 2. The average molecular weight is 249 g/mol. The number of nitrogens with two attached hydrogens (primary N) is 1. The van der Waals surface area contributed by atoms with E-state index in [0.29, 0.717) is 11.4 Å². The number of primary amides is 1. The van der Waals surface area contributed by atoms with Crippen molar-refractivity contribution in [2.24, 2.45) is 11.7 Å². The van der Waals surface area contributed by atoms with Gasteiger partial charge in [-0.1, -0.05) is 13.8 Å². The summed E-state index contributed by atoms with van der Waals surface area (Å²) in [5.41, 5.74) is 6.31. The van der Waals surface area contributed by atoms with Crippen LogP contribution in [0.3, 0.4) is 0 Å². The van der Waals surface area contributed by atoms with Gasteiger partial charge in [-0.15, -0.1) is 0 Å². The molecule has 0 aliphatic rings. The van der Waals surface area contributed by atoms with Crippen LogP contribution in [0.15, 0.2) is 24.3 Å². The van der Waals surface area contributed by atoms with Gasteiger partial charge in [-0.2, -0.15) is 0 Å². The van der Waals surface area contributed by atoms with E-state index in [1.54, 1.807) is 24.3 Å². The van der Waals surface area contributed by atoms with Gasteiger partial charge in [0.25, 0.3) is 0 Å². The van der Waals surface area contributed by atoms with E-state index in [1.807, 2.05) is 13.8 Å². The Balaban J connectivity index is 2.63. The first-order valence-corrected chi connectivity index (χ1v) is 6.04. The molecule has 4 N–H and O–H groups in total. The normalized spacial score (nSPS) is 10.2. The fourth-order valence-electron chi connectivity index (χ4n) is 1.68. The Morgan fingerprint density at radius 3 is 1.89 bits per heavy atom. The minimum absolute atomic E-state index is 0.0237. The van der Waals surface area contributed by atoms with Crippen molar-refractivity contribution < 1.29 is 9.59 Å². The van der Waals surface area contributed by atoms with Gasteiger partial charge >= 0.3 is 6.03 Å². The monoisotopic (exact) mass is 249 g/mol. The van der Waals surface area contributed by atoms with Crippen LogP contribution in [0.5, 0.6) is 0 Å². The topological polar surface area (TPSA) is 84.2 Å². The largest absolute Gasteiger partial charge is 0.351 e. The molecule has 5 nitrogen and oxygen atoms in total. The third-order valence-corrected chi connectivity index (χ3v) is 2.78. The average Bonchev–Trinajstić information content (AvgIpc) is 2.32. The highest BCUT2D eigenvalue weighted by atomic mass is 16.2. The fourth-order valence-corrected chi connectivity index (χ4v) is 1.68. The summed E-state index contributed by atoms with van der Waals surface area (Å²) >= 11 is 0. The number of hydrogen-bond donors (Lipinski definition) is 3. The Hall–Kier alpha value is -2.04. The lowest BCUT2D eigenvalue weighted by Gasteiger charge is -2.13. The Bertz CT molecular complexity index is 411. The number of carbonyl (C=O) groups excluding carboxylic acids is 2. The first-order chi connectivity index (χ1) is 8.56. The van der Waals surface area contributed by atoms with E-state index in [9.17, 15) is 9.59 Å². The van der Waals surface area contributed by atoms with E-state index in [1.165, 1.54) is 0 Å². The van der Waals surface area contributed by atoms with Crippen molar-refractivity contribution in [1.82, 2.24) is 0 Å². The Labute approximate surface area is 107 Å². The number of hydrogen-bond acceptors (Lipinski definition) is 2. The molecule has 0 bridgehead atoms. The van der Waals surface area contributed by atoms with E-state index >= 15 is 0 Å². The molecule has 3 amide bonds. The van der Waals surface area contributed by atoms with Crippen LogP contribution in [0.4, 0.5) is 16.2 Å². The van der Waals surface area contributed by atoms with Crippen LogP contribution in [0.1, 0.15) is 26.7 Å². The molecule has 1 aromatic carbocycles. The lowest BCUT2D eigenvalue weighted by molar-refractivity contribution is -0.120. The van der Waals surface area contributed by atoms with Gasteiger partial charge in [0.2, 0.25) is 5.91 Å². The Kier molecular flexibility index (Phi) is 5.17. The zero-order chi connectivity index (χ0) is 13.5. The van der Waals surface area contributed by atoms with Crippen LogP contribution in [0.2, 0.25) is 0 Å². The van der Waals surface area contributed by atoms with Crippen molar-refractivity contribution in [3.05, 3.63) is 24.3 Å². The predicted molar refractivity (Wildman–Crippen MR) is 72.3 cm³/mol. The van der Waals surface area contributed by atoms with Gasteiger partial charge in [0, 0.05) is 17.3 Å². The number of amides is 3. The molecule has 5 heteroatoms. The van der Waals surface area contributed by atoms with Gasteiger partial charge in [0.1, 0.15) is 0 Å². The molecule has 0 saturated carbocycles. The van der Waals surface area contributed by atoms with Crippen LogP contribution < -0.4 is 16.4 Å². The quantitative estimate of drug-likeness (QED) is 0.749. The molecule has 1 aromatic rings. The number of rotatable bonds is 5. The molecule has 0 aromatic heterocycles. The van der Waals surface area contributed by atoms with Crippen LogP contribution in [0.25, 0.3) is 0 Å². The Morgan fingerprint density at radius 2 is 1.50 bits per heavy atom. The first kappa shape index (κ1) is 14.0. The van der Waals surface area contributed by atoms with E-state index in [0.717, 1.165) is 12.8 Å². The second kappa shape index (κ2) is 6.64. The van der Waals surface area contributed by atoms with Crippen LogP contribution in [-0.2, 0) is 4.79 Å². The van der Waals surface area contributed by atoms with E-state index in [4.69, 9.17) is 5.73 Å². The summed E-state index contributed by atoms with van der Waals surface area (Å²) in [7, 11) is 0. The van der Waals surface area contributed by atoms with Gasteiger partial charge in [0.15, 0.2) is 0 Å². The molecule has 0 fully saturated rings. The van der Waals surface area contributed by atoms with Crippen molar-refractivity contribution >= 4 is 23.3 Å². The fraction of sp³-hybridized carbons (Fsp3) is 0.385. The van der Waals surface area contributed by atoms with E-state index in [2.05, 4.69) is 10.6 Å². The highest BCUT2D eigenvalue weighted by molar-refractivity contribution is 5.93. The van der Waals surface area contributed by atoms with Crippen LogP contribution >= 0.6 is 0 Å². The molecule has 0 spiro atoms. The second-order valence-electron chi connectivity index (χ2n) is 4.07. The maximum Gasteiger partial charge on any atom is 0.316 e. The van der Waals surface area contributed by atoms with Crippen molar-refractivity contribution in [3.63, 3.8) is 0 Å². The van der Waals surface area contributed by atoms with E-state index < -0.39 is 6.03 Å². The summed E-state index contributed by atoms with van der Waals surface area (Å²) in [4.78, 5) is 22.5. The van der Waals surface area contributed by atoms with Crippen LogP contribution in [0, 0.1) is 5.92 Å². The summed E-state index contributed by atoms with van der Waals surface area (Å²) < 4.78 is 0. The molecule has 1 rings (SSSR count). The molecule has 0 unspecified atom stereocenters. The zero-order valence-electron chi connectivity index (χ0n) is 10.7. The molecule has 0 saturated heterocycles. The number of anilines is 2. The number of urea groups is 1. The molecule has 0 heterocycles. The predicted octanol–water partition coefficient (Wildman–Crippen LogP) is 2.55. The first-order valence-electron chi connectivity index (χ1n) is 6.04. The Morgan fingerprint density at radius 1 is 1.06 bits per heavy atom. The maximum absolute atomic E-state index is 11.8. The highest BCUT2D eigenvalue weighted by Gasteiger charge is 2.13. The molecular weight excluding hydrogens is 230 g/mol. The molecular formula is C13H19N3O2. The van der Waals surface area contributed by atoms with Crippen molar-refractivity contribution in [3.8, 4) is 0 Å². The lowest BCUT2D eigenvalue weighted by Crippen LogP contribution is -2.21. The van der Waals surface area contributed by atoms with Crippen LogP contribution in [-0.4, -0.2) is 11.9 Å². The third kappa shape index (κ3) is 4.08. The second-order valence-corrected chi connectivity index (χ2v) is 4.07. The SMILES string of the molecule is CCC(CC)C(=O)Nc1ccc(NC(N)=O)cc1. The summed E-state index contributed by atoms with van der Waals surface area (Å²) in [6.07, 6.45) is 1.65. The lowest BCUT2D eigenvalue weighted by atomic mass is 10.0. The van der Waals surface area contributed by atoms with Gasteiger partial charge in [-0.25, -0.2) is 4.79 Å². The summed E-state index contributed by atoms with van der Waals surface area (Å²) in [6.45, 7) is 3.99. The molecule has 18 heavy (non-hydrogen) atoms. The van der Waals surface area contributed by atoms with Gasteiger partial charge in [0.05, 0.1) is 0 Å². The number of benzene rings is 1. The summed E-state index contributed by atoms with van der Waals surface area (Å²) in [5, 5.41) is 5.30. The molecule has 0 radical (unpaired) electrons. The standard InChI is InChI=1S/C13H19N3O2/c1-3-9(4-2)12(17)15-10-5-7-11(8-6-10)16-13(14)18/h5-9H,3-4H2,1-2H3,(H,15,17)(H3,14,16,18). The van der Waals surface area contributed by atoms with Gasteiger partial charge in [-0.05, 0) is 37.1 Å². The molecule has 98 valence electrons. The highest BCUT2D eigenvalue weighted by Crippen LogP contribution is 2.16. The van der Waals surface area contributed by atoms with E-state index in [-0.39, 0.29) is 11.8 Å². The van der Waals surface area contributed by atoms with Crippen molar-refractivity contribution in [1.29, 1.82) is 0 Å². The zero-order valence-corrected chi connectivity index (χ0v) is 10.7. The van der Waals surface area contributed by atoms with Crippen molar-refractivity contribution in [2.75, 3.05) is 10.6 Å². The minimum atomic E-state index is -0.608. The van der Waals surface area contributed by atoms with Gasteiger partial charge in [-0.3, -0.25) is 4.79 Å². The summed E-state index contributed by atoms with van der Waals surface area (Å²) in [6, 6.07) is 6.22. The smallest absolute Gasteiger partial charge is 0.316 e. The van der Waals surface area contributed by atoms with Crippen molar-refractivity contribution in [2.45, 2.75) is 26.7 Å². The molecule has 0 aliphatic carbocycles. The third-order valence-electron chi connectivity index (χ3n) is 2.78. The molecule has 0 aliphatic heterocycles. The number of carbonyl (C=O) groups is 2. The summed E-state index contributed by atoms with van der Waals surface area (Å²) in [5.74, 6) is 0.0593. The maximum atomic E-state index is 11.8.